The molecule has 1 amide bonds. The zero-order valence-electron chi connectivity index (χ0n) is 11.1. The van der Waals surface area contributed by atoms with Gasteiger partial charge in [0.05, 0.1) is 12.3 Å². The van der Waals surface area contributed by atoms with Gasteiger partial charge in [0, 0.05) is 10.6 Å². The number of carbonyl (C=O) groups excluding carboxylic acids is 2. The van der Waals surface area contributed by atoms with Gasteiger partial charge in [-0.3, -0.25) is 9.59 Å². The van der Waals surface area contributed by atoms with Crippen molar-refractivity contribution in [2.24, 2.45) is 0 Å². The molecule has 1 heterocycles. The Labute approximate surface area is 124 Å². The topological polar surface area (TPSA) is 110 Å². The Morgan fingerprint density at radius 1 is 1.43 bits per heavy atom. The number of hydrogen-bond acceptors (Lipinski definition) is 6. The van der Waals surface area contributed by atoms with Gasteiger partial charge in [-0.15, -0.1) is 10.2 Å². The average molecular weight is 310 g/mol. The van der Waals surface area contributed by atoms with Gasteiger partial charge in [-0.25, -0.2) is 0 Å². The highest BCUT2D eigenvalue weighted by atomic mass is 35.5. The van der Waals surface area contributed by atoms with Crippen molar-refractivity contribution in [3.05, 3.63) is 23.2 Å². The van der Waals surface area contributed by atoms with E-state index in [4.69, 9.17) is 16.3 Å². The number of carbonyl (C=O) groups is 2. The second kappa shape index (κ2) is 6.80. The van der Waals surface area contributed by atoms with Gasteiger partial charge < -0.3 is 10.1 Å². The molecule has 8 nitrogen and oxygen atoms in total. The molecule has 0 spiro atoms. The number of benzene rings is 1. The number of nitrogens with one attached hydrogen (secondary N) is 2. The first-order valence-electron chi connectivity index (χ1n) is 6.09. The number of nitrogens with zero attached hydrogens (tertiary/aromatic N) is 3. The largest absolute Gasteiger partial charge is 0.466 e. The monoisotopic (exact) mass is 309 g/mol. The van der Waals surface area contributed by atoms with E-state index in [9.17, 15) is 9.59 Å². The molecule has 2 aromatic rings. The molecule has 2 N–H and O–H groups in total. The van der Waals surface area contributed by atoms with Crippen LogP contribution < -0.4 is 5.32 Å². The van der Waals surface area contributed by atoms with Crippen molar-refractivity contribution < 1.29 is 14.3 Å². The van der Waals surface area contributed by atoms with Crippen LogP contribution in [-0.4, -0.2) is 39.1 Å². The van der Waals surface area contributed by atoms with Gasteiger partial charge in [-0.2, -0.15) is 5.21 Å². The summed E-state index contributed by atoms with van der Waals surface area (Å²) in [5.41, 5.74) is 0.920. The molecular weight excluding hydrogens is 298 g/mol. The Morgan fingerprint density at radius 2 is 2.24 bits per heavy atom. The summed E-state index contributed by atoms with van der Waals surface area (Å²) in [7, 11) is 0. The summed E-state index contributed by atoms with van der Waals surface area (Å²) in [6.45, 7) is 1.89. The quantitative estimate of drug-likeness (QED) is 0.638. The molecule has 0 bridgehead atoms. The highest BCUT2D eigenvalue weighted by Crippen LogP contribution is 2.27. The van der Waals surface area contributed by atoms with E-state index in [1.54, 1.807) is 19.1 Å². The Hall–Kier alpha value is -2.48. The third-order valence-electron chi connectivity index (χ3n) is 2.45. The lowest BCUT2D eigenvalue weighted by molar-refractivity contribution is -0.145. The van der Waals surface area contributed by atoms with Gasteiger partial charge in [-0.1, -0.05) is 11.6 Å². The third-order valence-corrected chi connectivity index (χ3v) is 2.69. The second-order valence-corrected chi connectivity index (χ2v) is 4.39. The van der Waals surface area contributed by atoms with E-state index in [0.717, 1.165) is 0 Å². The molecule has 0 saturated heterocycles. The summed E-state index contributed by atoms with van der Waals surface area (Å²) in [5.74, 6) is -0.809. The molecule has 0 saturated carbocycles. The van der Waals surface area contributed by atoms with Gasteiger partial charge in [0.25, 0.3) is 0 Å². The highest BCUT2D eigenvalue weighted by molar-refractivity contribution is 6.31. The molecule has 0 radical (unpaired) electrons. The number of esters is 1. The molecule has 2 rings (SSSR count). The normalized spacial score (nSPS) is 10.2. The predicted octanol–water partition coefficient (Wildman–Crippen LogP) is 1.41. The smallest absolute Gasteiger partial charge is 0.315 e. The number of H-pyrrole nitrogens is 1. The van der Waals surface area contributed by atoms with E-state index in [2.05, 4.69) is 25.9 Å². The van der Waals surface area contributed by atoms with Crippen molar-refractivity contribution in [1.29, 1.82) is 0 Å². The van der Waals surface area contributed by atoms with Crippen molar-refractivity contribution in [3.8, 4) is 11.4 Å². The fourth-order valence-corrected chi connectivity index (χ4v) is 1.80. The Morgan fingerprint density at radius 3 is 2.90 bits per heavy atom. The minimum absolute atomic E-state index is 0.220. The molecule has 21 heavy (non-hydrogen) atoms. The van der Waals surface area contributed by atoms with Crippen molar-refractivity contribution in [1.82, 2.24) is 20.6 Å². The maximum Gasteiger partial charge on any atom is 0.315 e. The zero-order chi connectivity index (χ0) is 15.2. The minimum Gasteiger partial charge on any atom is -0.466 e. The molecule has 0 aliphatic heterocycles. The second-order valence-electron chi connectivity index (χ2n) is 3.96. The lowest BCUT2D eigenvalue weighted by Gasteiger charge is -2.09. The molecule has 1 aromatic carbocycles. The van der Waals surface area contributed by atoms with Crippen LogP contribution in [0.2, 0.25) is 5.02 Å². The van der Waals surface area contributed by atoms with Crippen LogP contribution in [0.4, 0.5) is 5.69 Å². The highest BCUT2D eigenvalue weighted by Gasteiger charge is 2.15. The van der Waals surface area contributed by atoms with Crippen molar-refractivity contribution in [3.63, 3.8) is 0 Å². The number of aromatic amines is 1. The fraction of sp³-hybridized carbons (Fsp3) is 0.250. The number of halogens is 1. The summed E-state index contributed by atoms with van der Waals surface area (Å²) < 4.78 is 4.71. The maximum atomic E-state index is 11.8. The first kappa shape index (κ1) is 14.9. The number of amides is 1. The van der Waals surface area contributed by atoms with Crippen LogP contribution in [0.1, 0.15) is 13.3 Å². The first-order chi connectivity index (χ1) is 10.1. The van der Waals surface area contributed by atoms with Crippen molar-refractivity contribution >= 4 is 29.2 Å². The van der Waals surface area contributed by atoms with Crippen LogP contribution in [0.25, 0.3) is 11.4 Å². The van der Waals surface area contributed by atoms with Crippen LogP contribution in [-0.2, 0) is 14.3 Å². The SMILES string of the molecule is CCOC(=O)CC(=O)Nc1cc(Cl)ccc1-c1nn[nH]n1. The summed E-state index contributed by atoms with van der Waals surface area (Å²) in [6.07, 6.45) is -0.383. The third kappa shape index (κ3) is 3.99. The minimum atomic E-state index is -0.599. The van der Waals surface area contributed by atoms with Gasteiger partial charge in [0.2, 0.25) is 11.7 Å². The fourth-order valence-electron chi connectivity index (χ4n) is 1.63. The van der Waals surface area contributed by atoms with Crippen LogP contribution in [0, 0.1) is 0 Å². The van der Waals surface area contributed by atoms with Crippen molar-refractivity contribution in [2.75, 3.05) is 11.9 Å². The average Bonchev–Trinajstić information content (AvgIpc) is 2.92. The van der Waals surface area contributed by atoms with E-state index in [1.807, 2.05) is 0 Å². The maximum absolute atomic E-state index is 11.8. The molecule has 0 atom stereocenters. The van der Waals surface area contributed by atoms with Crippen LogP contribution in [0.3, 0.4) is 0 Å². The van der Waals surface area contributed by atoms with Gasteiger partial charge in [0.15, 0.2) is 0 Å². The standard InChI is InChI=1S/C12H12ClN5O3/c1-2-21-11(20)6-10(19)14-9-5-7(13)3-4-8(9)12-15-17-18-16-12/h3-5H,2,6H2,1H3,(H,14,19)(H,15,16,17,18). The van der Waals surface area contributed by atoms with Crippen molar-refractivity contribution in [2.45, 2.75) is 13.3 Å². The molecule has 0 aliphatic rings. The number of hydrogen-bond donors (Lipinski definition) is 2. The molecule has 9 heteroatoms. The van der Waals surface area contributed by atoms with E-state index in [0.29, 0.717) is 22.1 Å². The molecule has 0 aliphatic carbocycles. The lowest BCUT2D eigenvalue weighted by atomic mass is 10.1. The molecule has 110 valence electrons. The zero-order valence-corrected chi connectivity index (χ0v) is 11.8. The van der Waals surface area contributed by atoms with E-state index in [1.165, 1.54) is 6.07 Å². The summed E-state index contributed by atoms with van der Waals surface area (Å²) in [5, 5.41) is 16.5. The number of aromatic nitrogens is 4. The summed E-state index contributed by atoms with van der Waals surface area (Å²) in [6, 6.07) is 4.82. The predicted molar refractivity (Wildman–Crippen MR) is 74.5 cm³/mol. The number of rotatable bonds is 5. The van der Waals surface area contributed by atoms with E-state index in [-0.39, 0.29) is 13.0 Å². The summed E-state index contributed by atoms with van der Waals surface area (Å²) in [4.78, 5) is 23.1. The molecule has 1 aromatic heterocycles. The van der Waals surface area contributed by atoms with Gasteiger partial charge >= 0.3 is 5.97 Å². The number of tetrazole rings is 1. The lowest BCUT2D eigenvalue weighted by Crippen LogP contribution is -2.18. The number of anilines is 1. The van der Waals surface area contributed by atoms with E-state index >= 15 is 0 Å². The van der Waals surface area contributed by atoms with E-state index < -0.39 is 11.9 Å². The molecule has 0 fully saturated rings. The molecular formula is C12H12ClN5O3. The Balaban J connectivity index is 2.17. The van der Waals surface area contributed by atoms with Gasteiger partial charge in [-0.05, 0) is 30.3 Å². The first-order valence-corrected chi connectivity index (χ1v) is 6.46. The van der Waals surface area contributed by atoms with Gasteiger partial charge in [0.1, 0.15) is 6.42 Å². The Kier molecular flexibility index (Phi) is 4.83. The Bertz CT molecular complexity index is 644. The molecule has 0 unspecified atom stereocenters. The van der Waals surface area contributed by atoms with Crippen LogP contribution >= 0.6 is 11.6 Å². The number of ether oxygens (including phenoxy) is 1. The van der Waals surface area contributed by atoms with Crippen LogP contribution in [0.15, 0.2) is 18.2 Å². The van der Waals surface area contributed by atoms with Crippen LogP contribution in [0.5, 0.6) is 0 Å². The summed E-state index contributed by atoms with van der Waals surface area (Å²) >= 11 is 5.91.